The van der Waals surface area contributed by atoms with E-state index in [0.717, 1.165) is 32.1 Å². The fourth-order valence-corrected chi connectivity index (χ4v) is 2.59. The van der Waals surface area contributed by atoms with Crippen LogP contribution in [-0.2, 0) is 4.74 Å². The molecule has 4 nitrogen and oxygen atoms in total. The fourth-order valence-electron chi connectivity index (χ4n) is 1.81. The number of fused-ring (bicyclic) bond motifs is 1. The van der Waals surface area contributed by atoms with Crippen molar-refractivity contribution in [1.82, 2.24) is 9.99 Å². The molecule has 3 heterocycles. The van der Waals surface area contributed by atoms with Crippen LogP contribution in [0.1, 0.15) is 0 Å². The summed E-state index contributed by atoms with van der Waals surface area (Å²) >= 11 is 1.74. The Kier molecular flexibility index (Phi) is 2.73. The Morgan fingerprint density at radius 3 is 3.06 bits per heavy atom. The molecule has 16 heavy (non-hydrogen) atoms. The Hall–Kier alpha value is -1.17. The predicted molar refractivity (Wildman–Crippen MR) is 65.6 cm³/mol. The van der Waals surface area contributed by atoms with Crippen LogP contribution in [0.15, 0.2) is 23.7 Å². The second-order valence-corrected chi connectivity index (χ2v) is 4.65. The third kappa shape index (κ3) is 1.89. The lowest BCUT2D eigenvalue weighted by Crippen LogP contribution is -2.40. The molecular formula is C11H13N3OS. The summed E-state index contributed by atoms with van der Waals surface area (Å²) in [4.78, 5) is 4.39. The van der Waals surface area contributed by atoms with E-state index in [1.54, 1.807) is 11.3 Å². The molecule has 0 aromatic carbocycles. The monoisotopic (exact) mass is 235 g/mol. The highest BCUT2D eigenvalue weighted by Crippen LogP contribution is 2.26. The molecule has 1 saturated heterocycles. The van der Waals surface area contributed by atoms with Crippen LogP contribution < -0.4 is 5.43 Å². The van der Waals surface area contributed by atoms with Crippen molar-refractivity contribution in [2.75, 3.05) is 31.7 Å². The van der Waals surface area contributed by atoms with E-state index in [0.29, 0.717) is 0 Å². The van der Waals surface area contributed by atoms with E-state index in [4.69, 9.17) is 4.74 Å². The first kappa shape index (κ1) is 10.0. The van der Waals surface area contributed by atoms with Gasteiger partial charge in [-0.3, -0.25) is 0 Å². The van der Waals surface area contributed by atoms with Crippen molar-refractivity contribution in [3.05, 3.63) is 23.7 Å². The number of thiophene rings is 1. The van der Waals surface area contributed by atoms with Crippen molar-refractivity contribution >= 4 is 27.2 Å². The van der Waals surface area contributed by atoms with Crippen LogP contribution in [0.3, 0.4) is 0 Å². The zero-order chi connectivity index (χ0) is 10.8. The van der Waals surface area contributed by atoms with Gasteiger partial charge in [0.1, 0.15) is 5.82 Å². The van der Waals surface area contributed by atoms with Crippen molar-refractivity contribution in [2.45, 2.75) is 0 Å². The molecule has 84 valence electrons. The lowest BCUT2D eigenvalue weighted by atomic mass is 10.3. The lowest BCUT2D eigenvalue weighted by molar-refractivity contribution is 0.0495. The van der Waals surface area contributed by atoms with Crippen LogP contribution in [0.5, 0.6) is 0 Å². The third-order valence-corrected chi connectivity index (χ3v) is 3.54. The quantitative estimate of drug-likeness (QED) is 0.863. The molecule has 0 atom stereocenters. The lowest BCUT2D eigenvalue weighted by Gasteiger charge is -2.27. The van der Waals surface area contributed by atoms with Gasteiger partial charge in [-0.15, -0.1) is 11.3 Å². The molecule has 1 N–H and O–H groups in total. The normalized spacial score (nSPS) is 17.8. The number of pyridine rings is 1. The van der Waals surface area contributed by atoms with Gasteiger partial charge in [-0.1, -0.05) is 0 Å². The number of hydrazine groups is 1. The van der Waals surface area contributed by atoms with Gasteiger partial charge in [0.2, 0.25) is 0 Å². The zero-order valence-corrected chi connectivity index (χ0v) is 9.67. The fraction of sp³-hybridized carbons (Fsp3) is 0.364. The molecule has 5 heteroatoms. The number of nitrogens with one attached hydrogen (secondary N) is 1. The first-order valence-electron chi connectivity index (χ1n) is 5.35. The Morgan fingerprint density at radius 2 is 2.19 bits per heavy atom. The summed E-state index contributed by atoms with van der Waals surface area (Å²) in [5, 5.41) is 5.44. The second kappa shape index (κ2) is 4.37. The second-order valence-electron chi connectivity index (χ2n) is 3.70. The topological polar surface area (TPSA) is 37.4 Å². The molecular weight excluding hydrogens is 222 g/mol. The highest BCUT2D eigenvalue weighted by molar-refractivity contribution is 7.17. The minimum Gasteiger partial charge on any atom is -0.379 e. The Bertz CT molecular complexity index is 479. The van der Waals surface area contributed by atoms with Crippen LogP contribution in [0, 0.1) is 0 Å². The largest absolute Gasteiger partial charge is 0.379 e. The van der Waals surface area contributed by atoms with Gasteiger partial charge in [-0.05, 0) is 17.5 Å². The van der Waals surface area contributed by atoms with Crippen LogP contribution in [0.2, 0.25) is 0 Å². The number of aromatic nitrogens is 1. The van der Waals surface area contributed by atoms with E-state index in [1.165, 1.54) is 10.1 Å². The average molecular weight is 235 g/mol. The molecule has 0 bridgehead atoms. The number of ether oxygens (including phenoxy) is 1. The number of nitrogens with zero attached hydrogens (tertiary/aromatic N) is 2. The molecule has 1 aliphatic heterocycles. The minimum absolute atomic E-state index is 0.784. The average Bonchev–Trinajstić information content (AvgIpc) is 2.80. The summed E-state index contributed by atoms with van der Waals surface area (Å²) < 4.78 is 6.58. The summed E-state index contributed by atoms with van der Waals surface area (Å²) in [7, 11) is 0. The molecule has 0 spiro atoms. The third-order valence-electron chi connectivity index (χ3n) is 2.65. The van der Waals surface area contributed by atoms with Gasteiger partial charge >= 0.3 is 0 Å². The van der Waals surface area contributed by atoms with Gasteiger partial charge in [-0.2, -0.15) is 0 Å². The summed E-state index contributed by atoms with van der Waals surface area (Å²) in [6.45, 7) is 3.38. The smallest absolute Gasteiger partial charge is 0.149 e. The van der Waals surface area contributed by atoms with E-state index in [1.807, 2.05) is 12.3 Å². The number of rotatable bonds is 2. The molecule has 2 aromatic heterocycles. The van der Waals surface area contributed by atoms with Gasteiger partial charge in [0.25, 0.3) is 0 Å². The first-order valence-corrected chi connectivity index (χ1v) is 6.23. The van der Waals surface area contributed by atoms with Crippen LogP contribution in [0.4, 0.5) is 5.82 Å². The molecule has 1 aliphatic rings. The maximum absolute atomic E-state index is 5.31. The summed E-state index contributed by atoms with van der Waals surface area (Å²) in [5.74, 6) is 0.945. The van der Waals surface area contributed by atoms with E-state index in [-0.39, 0.29) is 0 Å². The van der Waals surface area contributed by atoms with Gasteiger partial charge in [0, 0.05) is 29.4 Å². The highest BCUT2D eigenvalue weighted by Gasteiger charge is 2.12. The Morgan fingerprint density at radius 1 is 1.31 bits per heavy atom. The van der Waals surface area contributed by atoms with Crippen molar-refractivity contribution in [1.29, 1.82) is 0 Å². The Labute approximate surface area is 97.8 Å². The minimum atomic E-state index is 0.784. The maximum Gasteiger partial charge on any atom is 0.149 e. The Balaban J connectivity index is 1.85. The maximum atomic E-state index is 5.31. The van der Waals surface area contributed by atoms with E-state index < -0.39 is 0 Å². The summed E-state index contributed by atoms with van der Waals surface area (Å²) in [6.07, 6.45) is 1.85. The SMILES string of the molecule is c1cc2sccc2c(NN2CCOCC2)n1. The van der Waals surface area contributed by atoms with Crippen LogP contribution in [-0.4, -0.2) is 36.3 Å². The van der Waals surface area contributed by atoms with Gasteiger partial charge in [0.05, 0.1) is 13.2 Å². The van der Waals surface area contributed by atoms with Gasteiger partial charge in [-0.25, -0.2) is 9.99 Å². The van der Waals surface area contributed by atoms with Gasteiger partial charge < -0.3 is 10.2 Å². The van der Waals surface area contributed by atoms with Crippen LogP contribution >= 0.6 is 11.3 Å². The van der Waals surface area contributed by atoms with E-state index in [2.05, 4.69) is 26.9 Å². The highest BCUT2D eigenvalue weighted by atomic mass is 32.1. The molecule has 0 radical (unpaired) electrons. The first-order chi connectivity index (χ1) is 7.93. The summed E-state index contributed by atoms with van der Waals surface area (Å²) in [5.41, 5.74) is 3.36. The molecule has 2 aromatic rings. The van der Waals surface area contributed by atoms with Crippen molar-refractivity contribution in [2.24, 2.45) is 0 Å². The number of hydrogen-bond donors (Lipinski definition) is 1. The molecule has 1 fully saturated rings. The molecule has 0 unspecified atom stereocenters. The molecule has 3 rings (SSSR count). The molecule has 0 amide bonds. The standard InChI is InChI=1S/C11H13N3OS/c1-3-12-11(9-2-8-16-10(1)9)13-14-4-6-15-7-5-14/h1-3,8H,4-7H2,(H,12,13). The predicted octanol–water partition coefficient (Wildman–Crippen LogP) is 1.96. The number of morpholine rings is 1. The summed E-state index contributed by atoms with van der Waals surface area (Å²) in [6, 6.07) is 4.15. The van der Waals surface area contributed by atoms with Crippen molar-refractivity contribution < 1.29 is 4.74 Å². The molecule has 0 aliphatic carbocycles. The van der Waals surface area contributed by atoms with Crippen molar-refractivity contribution in [3.63, 3.8) is 0 Å². The molecule has 0 saturated carbocycles. The van der Waals surface area contributed by atoms with Crippen LogP contribution in [0.25, 0.3) is 10.1 Å². The number of anilines is 1. The number of hydrogen-bond acceptors (Lipinski definition) is 5. The van der Waals surface area contributed by atoms with E-state index in [9.17, 15) is 0 Å². The van der Waals surface area contributed by atoms with Gasteiger partial charge in [0.15, 0.2) is 0 Å². The zero-order valence-electron chi connectivity index (χ0n) is 8.85. The van der Waals surface area contributed by atoms with E-state index >= 15 is 0 Å². The van der Waals surface area contributed by atoms with Crippen molar-refractivity contribution in [3.8, 4) is 0 Å².